The summed E-state index contributed by atoms with van der Waals surface area (Å²) < 4.78 is 0.912. The third-order valence-corrected chi connectivity index (χ3v) is 3.02. The molecule has 0 bridgehead atoms. The fourth-order valence-corrected chi connectivity index (χ4v) is 2.22. The number of benzene rings is 1. The number of anilines is 1. The molecule has 0 saturated carbocycles. The van der Waals surface area contributed by atoms with E-state index in [1.165, 1.54) is 0 Å². The lowest BCUT2D eigenvalue weighted by atomic mass is 10.1. The van der Waals surface area contributed by atoms with Gasteiger partial charge in [0, 0.05) is 11.5 Å². The van der Waals surface area contributed by atoms with Crippen LogP contribution in [0.1, 0.15) is 12.5 Å². The van der Waals surface area contributed by atoms with Gasteiger partial charge in [-0.15, -0.1) is 0 Å². The van der Waals surface area contributed by atoms with Crippen molar-refractivity contribution < 1.29 is 0 Å². The van der Waals surface area contributed by atoms with E-state index in [1.807, 2.05) is 18.2 Å². The molecule has 0 aromatic heterocycles. The van der Waals surface area contributed by atoms with Gasteiger partial charge in [0.05, 0.1) is 5.69 Å². The predicted molar refractivity (Wildman–Crippen MR) is 74.7 cm³/mol. The lowest BCUT2D eigenvalue weighted by molar-refractivity contribution is 1.06. The highest BCUT2D eigenvalue weighted by molar-refractivity contribution is 9.10. The Kier molecular flexibility index (Phi) is 4.51. The van der Waals surface area contributed by atoms with Crippen molar-refractivity contribution in [2.24, 2.45) is 5.73 Å². The van der Waals surface area contributed by atoms with Crippen molar-refractivity contribution in [3.63, 3.8) is 0 Å². The molecule has 1 rings (SSSR count). The van der Waals surface area contributed by atoms with E-state index in [9.17, 15) is 0 Å². The average Bonchev–Trinajstić information content (AvgIpc) is 2.26. The Morgan fingerprint density at radius 1 is 1.47 bits per heavy atom. The van der Waals surface area contributed by atoms with Gasteiger partial charge in [-0.1, -0.05) is 19.1 Å². The van der Waals surface area contributed by atoms with Crippen LogP contribution in [0.5, 0.6) is 0 Å². The van der Waals surface area contributed by atoms with Crippen LogP contribution >= 0.6 is 15.9 Å². The van der Waals surface area contributed by atoms with Crippen LogP contribution < -0.4 is 16.0 Å². The third-order valence-electron chi connectivity index (χ3n) is 2.38. The van der Waals surface area contributed by atoms with Crippen molar-refractivity contribution in [2.75, 3.05) is 11.9 Å². The molecule has 1 aromatic carbocycles. The number of halogens is 1. The van der Waals surface area contributed by atoms with Gasteiger partial charge in [-0.2, -0.15) is 0 Å². The van der Waals surface area contributed by atoms with Gasteiger partial charge in [-0.25, -0.2) is 0 Å². The summed E-state index contributed by atoms with van der Waals surface area (Å²) >= 11 is 3.47. The highest BCUT2D eigenvalue weighted by Gasteiger charge is 2.14. The minimum absolute atomic E-state index is 0.0686. The Morgan fingerprint density at radius 2 is 2.12 bits per heavy atom. The number of nitrogens with one attached hydrogen (secondary N) is 3. The maximum absolute atomic E-state index is 7.80. The topological polar surface area (TPSA) is 89.0 Å². The molecular weight excluding hydrogens is 282 g/mol. The molecule has 0 saturated heterocycles. The van der Waals surface area contributed by atoms with Crippen LogP contribution in [-0.4, -0.2) is 19.0 Å². The first-order valence-electron chi connectivity index (χ1n) is 5.18. The zero-order valence-electron chi connectivity index (χ0n) is 9.84. The van der Waals surface area contributed by atoms with Crippen LogP contribution in [0.3, 0.4) is 0 Å². The molecule has 0 heterocycles. The van der Waals surface area contributed by atoms with E-state index in [0.29, 0.717) is 0 Å². The molecule has 6 heteroatoms. The molecule has 0 aliphatic rings. The van der Waals surface area contributed by atoms with E-state index in [2.05, 4.69) is 28.2 Å². The monoisotopic (exact) mass is 297 g/mol. The summed E-state index contributed by atoms with van der Waals surface area (Å²) in [4.78, 5) is 1.66. The van der Waals surface area contributed by atoms with E-state index in [4.69, 9.17) is 16.6 Å². The molecular formula is C11H16BrN5. The van der Waals surface area contributed by atoms with Gasteiger partial charge in [-0.05, 0) is 34.0 Å². The van der Waals surface area contributed by atoms with Crippen LogP contribution in [0, 0.1) is 10.8 Å². The van der Waals surface area contributed by atoms with E-state index in [-0.39, 0.29) is 11.9 Å². The number of nitrogens with two attached hydrogens (primary N) is 1. The second-order valence-electron chi connectivity index (χ2n) is 3.55. The molecule has 0 aliphatic heterocycles. The molecule has 0 atom stereocenters. The van der Waals surface area contributed by atoms with E-state index in [0.717, 1.165) is 22.1 Å². The van der Waals surface area contributed by atoms with Gasteiger partial charge < -0.3 is 10.6 Å². The standard InChI is InChI=1S/C11H16BrN5/c1-3-7-5-4-6-8(12)9(7)17(2)11(15)16-10(13)14/h4-6H,3H2,1-2H3,(H5,13,14,15,16). The Bertz CT molecular complexity index is 443. The van der Waals surface area contributed by atoms with Gasteiger partial charge in [0.2, 0.25) is 5.96 Å². The van der Waals surface area contributed by atoms with Gasteiger partial charge in [0.25, 0.3) is 0 Å². The normalized spacial score (nSPS) is 9.82. The Morgan fingerprint density at radius 3 is 2.65 bits per heavy atom. The van der Waals surface area contributed by atoms with Crippen LogP contribution in [0.4, 0.5) is 5.69 Å². The molecule has 0 unspecified atom stereocenters. The van der Waals surface area contributed by atoms with Crippen molar-refractivity contribution in [3.05, 3.63) is 28.2 Å². The van der Waals surface area contributed by atoms with Crippen molar-refractivity contribution in [3.8, 4) is 0 Å². The van der Waals surface area contributed by atoms with Crippen LogP contribution in [-0.2, 0) is 6.42 Å². The first-order chi connectivity index (χ1) is 7.97. The SMILES string of the molecule is CCc1cccc(Br)c1N(C)C(=N)NC(=N)N. The van der Waals surface area contributed by atoms with Crippen molar-refractivity contribution >= 4 is 33.5 Å². The molecule has 1 aromatic rings. The maximum Gasteiger partial charge on any atom is 0.202 e. The number of para-hydroxylation sites is 1. The molecule has 5 N–H and O–H groups in total. The average molecular weight is 298 g/mol. The highest BCUT2D eigenvalue weighted by Crippen LogP contribution is 2.29. The first kappa shape index (κ1) is 13.5. The second kappa shape index (κ2) is 5.67. The highest BCUT2D eigenvalue weighted by atomic mass is 79.9. The zero-order valence-corrected chi connectivity index (χ0v) is 11.4. The molecule has 0 fully saturated rings. The minimum Gasteiger partial charge on any atom is -0.370 e. The summed E-state index contributed by atoms with van der Waals surface area (Å²) in [7, 11) is 1.76. The maximum atomic E-state index is 7.80. The number of guanidine groups is 2. The lowest BCUT2D eigenvalue weighted by Crippen LogP contribution is -2.44. The van der Waals surface area contributed by atoms with Gasteiger partial charge in [0.1, 0.15) is 0 Å². The van der Waals surface area contributed by atoms with Crippen molar-refractivity contribution in [2.45, 2.75) is 13.3 Å². The summed E-state index contributed by atoms with van der Waals surface area (Å²) in [5.41, 5.74) is 7.24. The second-order valence-corrected chi connectivity index (χ2v) is 4.40. The predicted octanol–water partition coefficient (Wildman–Crippen LogP) is 1.87. The van der Waals surface area contributed by atoms with E-state index < -0.39 is 0 Å². The lowest BCUT2D eigenvalue weighted by Gasteiger charge is -2.24. The fourth-order valence-electron chi connectivity index (χ4n) is 1.54. The minimum atomic E-state index is -0.244. The Hall–Kier alpha value is -1.56. The molecule has 0 aliphatic carbocycles. The summed E-state index contributed by atoms with van der Waals surface area (Å²) in [6.45, 7) is 2.06. The van der Waals surface area contributed by atoms with Gasteiger partial charge in [-0.3, -0.25) is 16.1 Å². The smallest absolute Gasteiger partial charge is 0.202 e. The third kappa shape index (κ3) is 3.20. The summed E-state index contributed by atoms with van der Waals surface area (Å²) in [6.07, 6.45) is 0.868. The Balaban J connectivity index is 3.06. The summed E-state index contributed by atoms with van der Waals surface area (Å²) in [5.74, 6) is -0.175. The molecule has 92 valence electrons. The largest absolute Gasteiger partial charge is 0.370 e. The number of hydrogen-bond acceptors (Lipinski definition) is 2. The molecule has 0 radical (unpaired) electrons. The molecule has 5 nitrogen and oxygen atoms in total. The number of hydrogen-bond donors (Lipinski definition) is 4. The van der Waals surface area contributed by atoms with Crippen LogP contribution in [0.15, 0.2) is 22.7 Å². The van der Waals surface area contributed by atoms with Crippen molar-refractivity contribution in [1.82, 2.24) is 5.32 Å². The molecule has 17 heavy (non-hydrogen) atoms. The van der Waals surface area contributed by atoms with Crippen LogP contribution in [0.2, 0.25) is 0 Å². The molecule has 0 spiro atoms. The van der Waals surface area contributed by atoms with E-state index in [1.54, 1.807) is 11.9 Å². The quantitative estimate of drug-likeness (QED) is 0.496. The van der Waals surface area contributed by atoms with E-state index >= 15 is 0 Å². The zero-order chi connectivity index (χ0) is 13.0. The van der Waals surface area contributed by atoms with Crippen LogP contribution in [0.25, 0.3) is 0 Å². The van der Waals surface area contributed by atoms with Gasteiger partial charge >= 0.3 is 0 Å². The first-order valence-corrected chi connectivity index (χ1v) is 5.97. The molecule has 0 amide bonds. The van der Waals surface area contributed by atoms with Crippen molar-refractivity contribution in [1.29, 1.82) is 10.8 Å². The summed E-state index contributed by atoms with van der Waals surface area (Å²) in [5, 5.41) is 17.4. The number of rotatable bonds is 2. The Labute approximate surface area is 109 Å². The van der Waals surface area contributed by atoms with Gasteiger partial charge in [0.15, 0.2) is 5.96 Å². The fraction of sp³-hybridized carbons (Fsp3) is 0.273. The number of nitrogens with zero attached hydrogens (tertiary/aromatic N) is 1. The number of aryl methyl sites for hydroxylation is 1. The summed E-state index contributed by atoms with van der Waals surface area (Å²) in [6, 6.07) is 5.89.